The van der Waals surface area contributed by atoms with E-state index in [1.165, 1.54) is 12.1 Å². The van der Waals surface area contributed by atoms with Crippen molar-refractivity contribution >= 4 is 57.1 Å². The molecule has 0 bridgehead atoms. The first-order chi connectivity index (χ1) is 19.8. The van der Waals surface area contributed by atoms with Gasteiger partial charge < -0.3 is 9.47 Å². The molecule has 4 aromatic rings. The molecule has 5 rings (SSSR count). The molecule has 4 aromatic carbocycles. The van der Waals surface area contributed by atoms with E-state index in [1.54, 1.807) is 66.7 Å². The Kier molecular flexibility index (Phi) is 8.47. The van der Waals surface area contributed by atoms with Gasteiger partial charge in [-0.3, -0.25) is 14.9 Å². The van der Waals surface area contributed by atoms with E-state index in [2.05, 4.69) is 21.2 Å². The van der Waals surface area contributed by atoms with Gasteiger partial charge in [-0.25, -0.2) is 14.1 Å². The maximum Gasteiger partial charge on any atom is 0.335 e. The molecule has 0 unspecified atom stereocenters. The van der Waals surface area contributed by atoms with E-state index in [9.17, 15) is 18.8 Å². The molecule has 41 heavy (non-hydrogen) atoms. The quantitative estimate of drug-likeness (QED) is 0.165. The lowest BCUT2D eigenvalue weighted by Crippen LogP contribution is -2.54. The number of benzene rings is 4. The van der Waals surface area contributed by atoms with Gasteiger partial charge in [0.15, 0.2) is 0 Å². The number of carbonyl (C=O) groups is 3. The fraction of sp³-hybridized carbons (Fsp3) is 0.0645. The van der Waals surface area contributed by atoms with Crippen LogP contribution in [0.4, 0.5) is 14.9 Å². The largest absolute Gasteiger partial charge is 0.489 e. The van der Waals surface area contributed by atoms with Crippen LogP contribution in [0.5, 0.6) is 11.5 Å². The molecule has 1 saturated heterocycles. The summed E-state index contributed by atoms with van der Waals surface area (Å²) in [7, 11) is 0. The van der Waals surface area contributed by atoms with Gasteiger partial charge in [0.2, 0.25) is 0 Å². The van der Waals surface area contributed by atoms with Crippen molar-refractivity contribution in [2.45, 2.75) is 13.2 Å². The molecule has 7 nitrogen and oxygen atoms in total. The van der Waals surface area contributed by atoms with Gasteiger partial charge in [-0.05, 0) is 76.1 Å². The van der Waals surface area contributed by atoms with Crippen molar-refractivity contribution in [1.29, 1.82) is 0 Å². The minimum atomic E-state index is -0.861. The molecule has 0 aromatic heterocycles. The molecule has 1 N–H and O–H groups in total. The zero-order valence-corrected chi connectivity index (χ0v) is 23.6. The predicted molar refractivity (Wildman–Crippen MR) is 156 cm³/mol. The summed E-state index contributed by atoms with van der Waals surface area (Å²) >= 11 is 9.58. The van der Waals surface area contributed by atoms with Gasteiger partial charge in [0.05, 0.1) is 10.2 Å². The van der Waals surface area contributed by atoms with E-state index in [1.807, 2.05) is 18.2 Å². The Morgan fingerprint density at radius 1 is 0.854 bits per heavy atom. The summed E-state index contributed by atoms with van der Waals surface area (Å²) in [5, 5.41) is 2.79. The van der Waals surface area contributed by atoms with Crippen molar-refractivity contribution in [2.75, 3.05) is 4.90 Å². The summed E-state index contributed by atoms with van der Waals surface area (Å²) < 4.78 is 25.9. The number of anilines is 1. The summed E-state index contributed by atoms with van der Waals surface area (Å²) in [4.78, 5) is 39.4. The average molecular weight is 636 g/mol. The number of hydrogen-bond donors (Lipinski definition) is 1. The minimum Gasteiger partial charge on any atom is -0.489 e. The first-order valence-electron chi connectivity index (χ1n) is 12.3. The molecule has 206 valence electrons. The third kappa shape index (κ3) is 6.48. The van der Waals surface area contributed by atoms with Gasteiger partial charge in [0.25, 0.3) is 11.8 Å². The Morgan fingerprint density at radius 3 is 2.24 bits per heavy atom. The van der Waals surface area contributed by atoms with E-state index in [0.717, 1.165) is 10.5 Å². The van der Waals surface area contributed by atoms with Crippen molar-refractivity contribution < 1.29 is 28.2 Å². The van der Waals surface area contributed by atoms with Crippen LogP contribution >= 0.6 is 27.5 Å². The molecule has 1 aliphatic heterocycles. The number of imide groups is 2. The second-order valence-corrected chi connectivity index (χ2v) is 10.2. The Labute approximate surface area is 248 Å². The predicted octanol–water partition coefficient (Wildman–Crippen LogP) is 7.07. The van der Waals surface area contributed by atoms with E-state index >= 15 is 0 Å². The lowest BCUT2D eigenvalue weighted by molar-refractivity contribution is -0.122. The molecule has 0 saturated carbocycles. The number of carbonyl (C=O) groups excluding carboxylic acids is 3. The summed E-state index contributed by atoms with van der Waals surface area (Å²) in [5.41, 5.74) is 1.75. The van der Waals surface area contributed by atoms with Crippen LogP contribution in [0.3, 0.4) is 0 Å². The van der Waals surface area contributed by atoms with Gasteiger partial charge in [0.1, 0.15) is 36.1 Å². The molecule has 0 spiro atoms. The second-order valence-electron chi connectivity index (χ2n) is 8.90. The van der Waals surface area contributed by atoms with E-state index in [4.69, 9.17) is 21.1 Å². The Morgan fingerprint density at radius 2 is 1.54 bits per heavy atom. The maximum atomic E-state index is 13.9. The van der Waals surface area contributed by atoms with Gasteiger partial charge in [-0.2, -0.15) is 0 Å². The highest BCUT2D eigenvalue weighted by Gasteiger charge is 2.36. The highest BCUT2D eigenvalue weighted by Crippen LogP contribution is 2.30. The standard InChI is InChI=1S/C31H21BrClFN2O5/c32-25-16-19(9-14-28(25)41-18-21-6-2-4-8-27(21)34)15-24-29(37)35-31(39)36(30(24)38)22-10-12-23(13-11-22)40-17-20-5-1-3-7-26(20)33/h1-16H,17-18H2,(H,35,37,39)/b24-15+. The number of ether oxygens (including phenoxy) is 2. The van der Waals surface area contributed by atoms with Crippen LogP contribution in [0.2, 0.25) is 5.02 Å². The topological polar surface area (TPSA) is 84.9 Å². The molecule has 0 aliphatic carbocycles. The Bertz CT molecular complexity index is 1680. The normalized spacial score (nSPS) is 14.3. The monoisotopic (exact) mass is 634 g/mol. The molecule has 4 amide bonds. The summed E-state index contributed by atoms with van der Waals surface area (Å²) in [5.74, 6) is -1.01. The van der Waals surface area contributed by atoms with Gasteiger partial charge in [-0.15, -0.1) is 0 Å². The molecular formula is C31H21BrClFN2O5. The number of hydrogen-bond acceptors (Lipinski definition) is 5. The molecule has 1 fully saturated rings. The zero-order valence-electron chi connectivity index (χ0n) is 21.3. The number of urea groups is 1. The summed E-state index contributed by atoms with van der Waals surface area (Å²) in [6, 6.07) is 24.0. The first-order valence-corrected chi connectivity index (χ1v) is 13.5. The van der Waals surface area contributed by atoms with Crippen LogP contribution in [0, 0.1) is 5.82 Å². The maximum absolute atomic E-state index is 13.9. The highest BCUT2D eigenvalue weighted by molar-refractivity contribution is 9.10. The van der Waals surface area contributed by atoms with Crippen molar-refractivity contribution in [3.8, 4) is 11.5 Å². The lowest BCUT2D eigenvalue weighted by Gasteiger charge is -2.26. The van der Waals surface area contributed by atoms with Crippen LogP contribution in [0.1, 0.15) is 16.7 Å². The van der Waals surface area contributed by atoms with Crippen LogP contribution in [0.25, 0.3) is 6.08 Å². The van der Waals surface area contributed by atoms with Crippen LogP contribution in [-0.4, -0.2) is 17.8 Å². The zero-order chi connectivity index (χ0) is 28.9. The Balaban J connectivity index is 1.30. The molecule has 10 heteroatoms. The fourth-order valence-corrected chi connectivity index (χ4v) is 4.72. The third-order valence-electron chi connectivity index (χ3n) is 6.16. The van der Waals surface area contributed by atoms with Crippen LogP contribution in [-0.2, 0) is 22.8 Å². The SMILES string of the molecule is O=C1NC(=O)N(c2ccc(OCc3ccccc3Cl)cc2)C(=O)/C1=C/c1ccc(OCc2ccccc2F)c(Br)c1. The minimum absolute atomic E-state index is 0.0213. The molecular weight excluding hydrogens is 615 g/mol. The summed E-state index contributed by atoms with van der Waals surface area (Å²) in [6.45, 7) is 0.263. The van der Waals surface area contributed by atoms with Crippen LogP contribution in [0.15, 0.2) is 101 Å². The second kappa shape index (κ2) is 12.4. The Hall–Kier alpha value is -4.47. The van der Waals surface area contributed by atoms with Gasteiger partial charge >= 0.3 is 6.03 Å². The number of halogens is 3. The van der Waals surface area contributed by atoms with Crippen molar-refractivity contribution in [1.82, 2.24) is 5.32 Å². The lowest BCUT2D eigenvalue weighted by atomic mass is 10.1. The van der Waals surface area contributed by atoms with Crippen molar-refractivity contribution in [3.05, 3.63) is 129 Å². The number of barbiturate groups is 1. The number of rotatable bonds is 8. The first kappa shape index (κ1) is 28.1. The summed E-state index contributed by atoms with van der Waals surface area (Å²) in [6.07, 6.45) is 1.38. The third-order valence-corrected chi connectivity index (χ3v) is 7.15. The molecule has 0 atom stereocenters. The molecule has 1 aliphatic rings. The van der Waals surface area contributed by atoms with E-state index in [0.29, 0.717) is 32.1 Å². The van der Waals surface area contributed by atoms with E-state index in [-0.39, 0.29) is 30.3 Å². The number of amides is 4. The van der Waals surface area contributed by atoms with Crippen molar-refractivity contribution in [3.63, 3.8) is 0 Å². The smallest absolute Gasteiger partial charge is 0.335 e. The molecule has 0 radical (unpaired) electrons. The average Bonchev–Trinajstić information content (AvgIpc) is 2.96. The van der Waals surface area contributed by atoms with Gasteiger partial charge in [-0.1, -0.05) is 54.1 Å². The number of nitrogens with zero attached hydrogens (tertiary/aromatic N) is 1. The number of nitrogens with one attached hydrogen (secondary N) is 1. The van der Waals surface area contributed by atoms with Gasteiger partial charge in [0, 0.05) is 16.1 Å². The van der Waals surface area contributed by atoms with Crippen molar-refractivity contribution in [2.24, 2.45) is 0 Å². The highest BCUT2D eigenvalue weighted by atomic mass is 79.9. The fourth-order valence-electron chi connectivity index (χ4n) is 4.02. The van der Waals surface area contributed by atoms with Crippen LogP contribution < -0.4 is 19.7 Å². The molecule has 1 heterocycles. The van der Waals surface area contributed by atoms with E-state index < -0.39 is 17.8 Å².